The number of benzene rings is 1. The normalized spacial score (nSPS) is 19.4. The molecule has 10 nitrogen and oxygen atoms in total. The van der Waals surface area contributed by atoms with Crippen LogP contribution in [0.5, 0.6) is 11.5 Å². The summed E-state index contributed by atoms with van der Waals surface area (Å²) in [5.74, 6) is 1.11. The fraction of sp³-hybridized carbons (Fsp3) is 0.500. The van der Waals surface area contributed by atoms with Crippen molar-refractivity contribution in [3.63, 3.8) is 0 Å². The first-order valence-corrected chi connectivity index (χ1v) is 12.1. The Hall–Kier alpha value is -3.53. The molecule has 1 N–H and O–H groups in total. The molecule has 10 heteroatoms. The molecule has 1 aromatic heterocycles. The molecule has 0 saturated carbocycles. The summed E-state index contributed by atoms with van der Waals surface area (Å²) in [5.41, 5.74) is 0.731. The number of nitrogens with zero attached hydrogens (tertiary/aromatic N) is 3. The van der Waals surface area contributed by atoms with Crippen LogP contribution in [0.2, 0.25) is 0 Å². The Bertz CT molecular complexity index is 1060. The number of hydrogen-bond donors (Lipinski definition) is 1. The van der Waals surface area contributed by atoms with Gasteiger partial charge in [-0.2, -0.15) is 0 Å². The monoisotopic (exact) mass is 499 g/mol. The van der Waals surface area contributed by atoms with Crippen LogP contribution in [0.3, 0.4) is 0 Å². The van der Waals surface area contributed by atoms with Crippen molar-refractivity contribution in [1.29, 1.82) is 0 Å². The van der Waals surface area contributed by atoms with Gasteiger partial charge in [-0.1, -0.05) is 30.3 Å². The zero-order valence-corrected chi connectivity index (χ0v) is 20.9. The van der Waals surface area contributed by atoms with Crippen LogP contribution in [0, 0.1) is 0 Å². The van der Waals surface area contributed by atoms with E-state index in [0.717, 1.165) is 5.56 Å². The third kappa shape index (κ3) is 6.57. The maximum atomic E-state index is 13.2. The van der Waals surface area contributed by atoms with Crippen LogP contribution in [0.25, 0.3) is 0 Å². The lowest BCUT2D eigenvalue weighted by Crippen LogP contribution is -2.57. The van der Waals surface area contributed by atoms with Gasteiger partial charge in [-0.15, -0.1) is 0 Å². The lowest BCUT2D eigenvalue weighted by atomic mass is 10.00. The zero-order valence-electron chi connectivity index (χ0n) is 20.9. The van der Waals surface area contributed by atoms with Crippen LogP contribution < -0.4 is 9.47 Å². The summed E-state index contributed by atoms with van der Waals surface area (Å²) < 4.78 is 22.2. The number of pyridine rings is 1. The van der Waals surface area contributed by atoms with Crippen LogP contribution >= 0.6 is 0 Å². The van der Waals surface area contributed by atoms with Gasteiger partial charge in [0.25, 0.3) is 0 Å². The van der Waals surface area contributed by atoms with Gasteiger partial charge >= 0.3 is 12.2 Å². The minimum atomic E-state index is -0.993. The quantitative estimate of drug-likeness (QED) is 0.667. The van der Waals surface area contributed by atoms with Crippen molar-refractivity contribution in [3.05, 3.63) is 53.9 Å². The van der Waals surface area contributed by atoms with E-state index in [1.54, 1.807) is 33.0 Å². The lowest BCUT2D eigenvalue weighted by molar-refractivity contribution is -0.0346. The number of rotatable bonds is 5. The molecule has 2 aliphatic heterocycles. The molecule has 0 radical (unpaired) electrons. The third-order valence-corrected chi connectivity index (χ3v) is 5.86. The first-order valence-electron chi connectivity index (χ1n) is 12.1. The Labute approximate surface area is 210 Å². The lowest BCUT2D eigenvalue weighted by Gasteiger charge is -2.41. The predicted molar refractivity (Wildman–Crippen MR) is 130 cm³/mol. The van der Waals surface area contributed by atoms with Crippen molar-refractivity contribution >= 4 is 12.2 Å². The fourth-order valence-electron chi connectivity index (χ4n) is 4.15. The van der Waals surface area contributed by atoms with E-state index in [4.69, 9.17) is 18.9 Å². The number of aliphatic hydroxyl groups excluding tert-OH is 1. The number of piperidine rings is 1. The Balaban J connectivity index is 1.44. The molecule has 0 unspecified atom stereocenters. The van der Waals surface area contributed by atoms with E-state index in [-0.39, 0.29) is 19.7 Å². The minimum Gasteiger partial charge on any atom is -0.486 e. The van der Waals surface area contributed by atoms with Gasteiger partial charge in [0, 0.05) is 12.6 Å². The molecule has 2 atom stereocenters. The van der Waals surface area contributed by atoms with Gasteiger partial charge in [-0.25, -0.2) is 9.59 Å². The number of carbonyl (C=O) groups is 2. The highest BCUT2D eigenvalue weighted by atomic mass is 16.6. The number of amides is 2. The summed E-state index contributed by atoms with van der Waals surface area (Å²) in [6, 6.07) is 10.5. The van der Waals surface area contributed by atoms with Gasteiger partial charge in [0.15, 0.2) is 11.5 Å². The largest absolute Gasteiger partial charge is 0.486 e. The van der Waals surface area contributed by atoms with E-state index >= 15 is 0 Å². The summed E-state index contributed by atoms with van der Waals surface area (Å²) in [5, 5.41) is 11.0. The Morgan fingerprint density at radius 3 is 2.58 bits per heavy atom. The van der Waals surface area contributed by atoms with Crippen LogP contribution in [0.4, 0.5) is 9.59 Å². The van der Waals surface area contributed by atoms with Crippen LogP contribution in [-0.4, -0.2) is 76.1 Å². The average Bonchev–Trinajstić information content (AvgIpc) is 2.85. The highest BCUT2D eigenvalue weighted by molar-refractivity contribution is 5.70. The van der Waals surface area contributed by atoms with Gasteiger partial charge in [0.05, 0.1) is 37.1 Å². The van der Waals surface area contributed by atoms with Crippen molar-refractivity contribution in [1.82, 2.24) is 14.8 Å². The zero-order chi connectivity index (χ0) is 25.7. The molecule has 0 aliphatic carbocycles. The second kappa shape index (κ2) is 11.0. The molecule has 36 heavy (non-hydrogen) atoms. The molecule has 2 aliphatic rings. The molecule has 2 amide bonds. The molecule has 0 bridgehead atoms. The van der Waals surface area contributed by atoms with E-state index in [1.807, 2.05) is 30.3 Å². The van der Waals surface area contributed by atoms with Gasteiger partial charge in [0.1, 0.15) is 25.4 Å². The number of hydrogen-bond acceptors (Lipinski definition) is 8. The molecule has 1 aromatic carbocycles. The average molecular weight is 500 g/mol. The molecular weight excluding hydrogens is 466 g/mol. The number of likely N-dealkylation sites (tertiary alicyclic amines) is 1. The number of aromatic nitrogens is 1. The van der Waals surface area contributed by atoms with E-state index in [1.165, 1.54) is 9.80 Å². The summed E-state index contributed by atoms with van der Waals surface area (Å²) in [4.78, 5) is 33.1. The summed E-state index contributed by atoms with van der Waals surface area (Å²) >= 11 is 0. The first-order chi connectivity index (χ1) is 17.2. The number of aliphatic hydroxyl groups is 1. The standard InChI is InChI=1S/C26H33N3O7/c1-26(2,3)36-25(32)29(15-19-13-22-23(14-27-19)34-12-11-33-22)20-9-10-28(16-21(20)30)24(31)35-17-18-7-5-4-6-8-18/h4-8,13-14,20-21,30H,9-12,15-17H2,1-3H3/t20-,21-/m1/s1. The minimum absolute atomic E-state index is 0.0339. The van der Waals surface area contributed by atoms with Gasteiger partial charge in [-0.05, 0) is 32.8 Å². The molecule has 1 saturated heterocycles. The summed E-state index contributed by atoms with van der Waals surface area (Å²) in [6.07, 6.45) is -0.144. The maximum absolute atomic E-state index is 13.2. The molecule has 1 fully saturated rings. The van der Waals surface area contributed by atoms with Gasteiger partial charge < -0.3 is 29.0 Å². The molecule has 0 spiro atoms. The molecule has 3 heterocycles. The highest BCUT2D eigenvalue weighted by Crippen LogP contribution is 2.30. The maximum Gasteiger partial charge on any atom is 0.410 e. The summed E-state index contributed by atoms with van der Waals surface area (Å²) in [6.45, 7) is 6.85. The second-order valence-corrected chi connectivity index (χ2v) is 9.84. The van der Waals surface area contributed by atoms with E-state index < -0.39 is 29.9 Å². The SMILES string of the molecule is CC(C)(C)OC(=O)N(Cc1cc2c(cn1)OCCO2)[C@@H]1CCN(C(=O)OCc2ccccc2)C[C@H]1O. The van der Waals surface area contributed by atoms with Gasteiger partial charge in [0.2, 0.25) is 0 Å². The predicted octanol–water partition coefficient (Wildman–Crippen LogP) is 3.36. The van der Waals surface area contributed by atoms with Gasteiger partial charge in [-0.3, -0.25) is 9.88 Å². The summed E-state index contributed by atoms with van der Waals surface area (Å²) in [7, 11) is 0. The van der Waals surface area contributed by atoms with Crippen LogP contribution in [-0.2, 0) is 22.6 Å². The molecular formula is C26H33N3O7. The first kappa shape index (κ1) is 25.6. The Morgan fingerprint density at radius 2 is 1.89 bits per heavy atom. The fourth-order valence-corrected chi connectivity index (χ4v) is 4.15. The topological polar surface area (TPSA) is 111 Å². The number of β-amino-alcohol motifs (C(OH)–C–C–N with tert-alkyl or cyclic N) is 1. The highest BCUT2D eigenvalue weighted by Gasteiger charge is 2.38. The van der Waals surface area contributed by atoms with E-state index in [2.05, 4.69) is 4.98 Å². The second-order valence-electron chi connectivity index (χ2n) is 9.84. The van der Waals surface area contributed by atoms with Crippen molar-refractivity contribution in [3.8, 4) is 11.5 Å². The third-order valence-electron chi connectivity index (χ3n) is 5.86. The molecule has 194 valence electrons. The molecule has 4 rings (SSSR count). The van der Waals surface area contributed by atoms with Crippen molar-refractivity contribution in [2.75, 3.05) is 26.3 Å². The number of carbonyl (C=O) groups excluding carboxylic acids is 2. The van der Waals surface area contributed by atoms with Crippen molar-refractivity contribution in [2.45, 2.75) is 58.1 Å². The smallest absolute Gasteiger partial charge is 0.410 e. The van der Waals surface area contributed by atoms with E-state index in [9.17, 15) is 14.7 Å². The number of fused-ring (bicyclic) bond motifs is 1. The Morgan fingerprint density at radius 1 is 1.17 bits per heavy atom. The van der Waals surface area contributed by atoms with Crippen LogP contribution in [0.1, 0.15) is 38.4 Å². The van der Waals surface area contributed by atoms with Crippen molar-refractivity contribution in [2.24, 2.45) is 0 Å². The Kier molecular flexibility index (Phi) is 7.83. The number of ether oxygens (including phenoxy) is 4. The van der Waals surface area contributed by atoms with E-state index in [0.29, 0.717) is 43.4 Å². The molecule has 2 aromatic rings. The van der Waals surface area contributed by atoms with Crippen molar-refractivity contribution < 1.29 is 33.6 Å². The van der Waals surface area contributed by atoms with Crippen LogP contribution in [0.15, 0.2) is 42.6 Å².